The van der Waals surface area contributed by atoms with E-state index in [0.717, 1.165) is 0 Å². The third kappa shape index (κ3) is 4.46. The molecule has 1 saturated heterocycles. The monoisotopic (exact) mass is 290 g/mol. The zero-order valence-corrected chi connectivity index (χ0v) is 11.8. The molecule has 8 nitrogen and oxygen atoms in total. The molecule has 0 saturated carbocycles. The molecule has 1 unspecified atom stereocenters. The second-order valence-electron chi connectivity index (χ2n) is 4.23. The summed E-state index contributed by atoms with van der Waals surface area (Å²) in [5.74, 6) is -1.63. The first-order valence-corrected chi connectivity index (χ1v) is 6.01. The fraction of sp³-hybridized carbons (Fsp3) is 0.750. The Kier molecular flexibility index (Phi) is 5.90. The molecule has 1 aliphatic rings. The van der Waals surface area contributed by atoms with Gasteiger partial charge in [-0.05, 0) is 0 Å². The average molecular weight is 290 g/mol. The molecule has 0 amide bonds. The van der Waals surface area contributed by atoms with Crippen LogP contribution in [0.4, 0.5) is 0 Å². The normalized spacial score (nSPS) is 28.8. The van der Waals surface area contributed by atoms with Crippen LogP contribution in [0.25, 0.3) is 0 Å². The summed E-state index contributed by atoms with van der Waals surface area (Å²) in [5, 5.41) is 0. The topological polar surface area (TPSA) is 97.4 Å². The molecular formula is C12H18O8. The van der Waals surface area contributed by atoms with Gasteiger partial charge in [0.1, 0.15) is 12.7 Å². The standard InChI is InChI=1S/C12H18O8/c1-6(13)17-5-9-10(18-7(2)14)11(19-8(3)15)12(16-4)20-9/h9-12H,5H2,1-4H3/t9-,10+,11-,12?/m0/s1. The maximum Gasteiger partial charge on any atom is 0.303 e. The number of methoxy groups -OCH3 is 1. The number of esters is 3. The van der Waals surface area contributed by atoms with Gasteiger partial charge in [0.05, 0.1) is 0 Å². The molecule has 1 rings (SSSR count). The van der Waals surface area contributed by atoms with Crippen molar-refractivity contribution in [3.05, 3.63) is 0 Å². The Morgan fingerprint density at radius 2 is 1.50 bits per heavy atom. The van der Waals surface area contributed by atoms with Gasteiger partial charge in [0.2, 0.25) is 0 Å². The molecule has 20 heavy (non-hydrogen) atoms. The zero-order chi connectivity index (χ0) is 15.3. The zero-order valence-electron chi connectivity index (χ0n) is 11.8. The molecule has 0 aromatic carbocycles. The molecular weight excluding hydrogens is 272 g/mol. The Morgan fingerprint density at radius 1 is 0.950 bits per heavy atom. The van der Waals surface area contributed by atoms with Crippen molar-refractivity contribution in [1.29, 1.82) is 0 Å². The minimum absolute atomic E-state index is 0.134. The molecule has 1 aliphatic heterocycles. The number of carbonyl (C=O) groups excluding carboxylic acids is 3. The Morgan fingerprint density at radius 3 is 1.95 bits per heavy atom. The number of ether oxygens (including phenoxy) is 5. The molecule has 0 aliphatic carbocycles. The third-order valence-electron chi connectivity index (χ3n) is 2.55. The van der Waals surface area contributed by atoms with Crippen molar-refractivity contribution < 1.29 is 38.1 Å². The minimum atomic E-state index is -0.915. The Hall–Kier alpha value is -1.67. The lowest BCUT2D eigenvalue weighted by molar-refractivity contribution is -0.181. The van der Waals surface area contributed by atoms with Crippen LogP contribution in [0, 0.1) is 0 Å². The van der Waals surface area contributed by atoms with Crippen LogP contribution in [0.1, 0.15) is 20.8 Å². The van der Waals surface area contributed by atoms with Crippen LogP contribution in [0.15, 0.2) is 0 Å². The van der Waals surface area contributed by atoms with Crippen molar-refractivity contribution in [1.82, 2.24) is 0 Å². The lowest BCUT2D eigenvalue weighted by Crippen LogP contribution is -2.41. The first kappa shape index (κ1) is 16.4. The molecule has 4 atom stereocenters. The van der Waals surface area contributed by atoms with Crippen LogP contribution in [0.5, 0.6) is 0 Å². The molecule has 1 heterocycles. The summed E-state index contributed by atoms with van der Waals surface area (Å²) in [7, 11) is 1.36. The number of carbonyl (C=O) groups is 3. The van der Waals surface area contributed by atoms with Crippen LogP contribution in [0.3, 0.4) is 0 Å². The average Bonchev–Trinajstić information content (AvgIpc) is 2.63. The van der Waals surface area contributed by atoms with Gasteiger partial charge < -0.3 is 23.7 Å². The van der Waals surface area contributed by atoms with Gasteiger partial charge in [-0.2, -0.15) is 0 Å². The van der Waals surface area contributed by atoms with Gasteiger partial charge in [-0.3, -0.25) is 14.4 Å². The fourth-order valence-electron chi connectivity index (χ4n) is 1.87. The van der Waals surface area contributed by atoms with Crippen LogP contribution in [-0.4, -0.2) is 56.2 Å². The van der Waals surface area contributed by atoms with E-state index in [1.54, 1.807) is 0 Å². The van der Waals surface area contributed by atoms with Gasteiger partial charge >= 0.3 is 17.9 Å². The van der Waals surface area contributed by atoms with Gasteiger partial charge in [0, 0.05) is 27.9 Å². The SMILES string of the molecule is COC1O[C@@H](COC(C)=O)[C@@H](OC(C)=O)[C@@H]1OC(C)=O. The van der Waals surface area contributed by atoms with Gasteiger partial charge in [0.25, 0.3) is 0 Å². The highest BCUT2D eigenvalue weighted by Gasteiger charge is 2.49. The molecule has 0 aromatic rings. The Bertz CT molecular complexity index is 380. The number of rotatable bonds is 5. The summed E-state index contributed by atoms with van der Waals surface area (Å²) < 4.78 is 25.5. The molecule has 0 spiro atoms. The van der Waals surface area contributed by atoms with E-state index < -0.39 is 42.5 Å². The molecule has 8 heteroatoms. The van der Waals surface area contributed by atoms with Gasteiger partial charge in [-0.15, -0.1) is 0 Å². The van der Waals surface area contributed by atoms with Gasteiger partial charge in [-0.1, -0.05) is 0 Å². The summed E-state index contributed by atoms with van der Waals surface area (Å²) in [6.07, 6.45) is -3.48. The summed E-state index contributed by atoms with van der Waals surface area (Å²) in [6, 6.07) is 0. The molecule has 0 bridgehead atoms. The molecule has 114 valence electrons. The first-order chi connectivity index (χ1) is 9.35. The number of hydrogen-bond donors (Lipinski definition) is 0. The molecule has 0 aromatic heterocycles. The van der Waals surface area contributed by atoms with Crippen LogP contribution >= 0.6 is 0 Å². The smallest absolute Gasteiger partial charge is 0.303 e. The van der Waals surface area contributed by atoms with E-state index in [0.29, 0.717) is 0 Å². The van der Waals surface area contributed by atoms with E-state index in [9.17, 15) is 14.4 Å². The predicted octanol–water partition coefficient (Wildman–Crippen LogP) is -0.216. The predicted molar refractivity (Wildman–Crippen MR) is 63.4 cm³/mol. The van der Waals surface area contributed by atoms with Gasteiger partial charge in [0.15, 0.2) is 18.5 Å². The largest absolute Gasteiger partial charge is 0.463 e. The van der Waals surface area contributed by atoms with E-state index in [-0.39, 0.29) is 6.61 Å². The Labute approximate surface area is 116 Å². The highest BCUT2D eigenvalue weighted by Crippen LogP contribution is 2.27. The first-order valence-electron chi connectivity index (χ1n) is 6.01. The quantitative estimate of drug-likeness (QED) is 0.506. The maximum absolute atomic E-state index is 11.1. The van der Waals surface area contributed by atoms with Crippen LogP contribution in [0.2, 0.25) is 0 Å². The molecule has 1 fully saturated rings. The lowest BCUT2D eigenvalue weighted by atomic mass is 10.1. The summed E-state index contributed by atoms with van der Waals surface area (Å²) in [6.45, 7) is 3.54. The van der Waals surface area contributed by atoms with E-state index in [1.165, 1.54) is 27.9 Å². The summed E-state index contributed by atoms with van der Waals surface area (Å²) in [4.78, 5) is 33.1. The van der Waals surface area contributed by atoms with E-state index in [4.69, 9.17) is 23.7 Å². The number of hydrogen-bond acceptors (Lipinski definition) is 8. The highest BCUT2D eigenvalue weighted by atomic mass is 16.7. The van der Waals surface area contributed by atoms with E-state index in [2.05, 4.69) is 0 Å². The van der Waals surface area contributed by atoms with Gasteiger partial charge in [-0.25, -0.2) is 0 Å². The van der Waals surface area contributed by atoms with Crippen molar-refractivity contribution in [3.8, 4) is 0 Å². The third-order valence-corrected chi connectivity index (χ3v) is 2.55. The van der Waals surface area contributed by atoms with Crippen LogP contribution < -0.4 is 0 Å². The van der Waals surface area contributed by atoms with Crippen molar-refractivity contribution in [2.24, 2.45) is 0 Å². The van der Waals surface area contributed by atoms with Crippen molar-refractivity contribution in [3.63, 3.8) is 0 Å². The van der Waals surface area contributed by atoms with E-state index in [1.807, 2.05) is 0 Å². The molecule has 0 N–H and O–H groups in total. The Balaban J connectivity index is 2.84. The fourth-order valence-corrected chi connectivity index (χ4v) is 1.87. The van der Waals surface area contributed by atoms with E-state index >= 15 is 0 Å². The maximum atomic E-state index is 11.1. The lowest BCUT2D eigenvalue weighted by Gasteiger charge is -2.22. The second-order valence-corrected chi connectivity index (χ2v) is 4.23. The summed E-state index contributed by atoms with van der Waals surface area (Å²) >= 11 is 0. The van der Waals surface area contributed by atoms with Crippen molar-refractivity contribution in [2.45, 2.75) is 45.4 Å². The molecule has 0 radical (unpaired) electrons. The van der Waals surface area contributed by atoms with Crippen molar-refractivity contribution in [2.75, 3.05) is 13.7 Å². The highest BCUT2D eigenvalue weighted by molar-refractivity contribution is 5.67. The summed E-state index contributed by atoms with van der Waals surface area (Å²) in [5.41, 5.74) is 0. The second kappa shape index (κ2) is 7.20. The minimum Gasteiger partial charge on any atom is -0.463 e. The van der Waals surface area contributed by atoms with Crippen LogP contribution in [-0.2, 0) is 38.1 Å². The van der Waals surface area contributed by atoms with Crippen molar-refractivity contribution >= 4 is 17.9 Å².